The van der Waals surface area contributed by atoms with Crippen LogP contribution < -0.4 is 5.32 Å². The summed E-state index contributed by atoms with van der Waals surface area (Å²) in [4.78, 5) is 47.0. The monoisotopic (exact) mass is 298 g/mol. The lowest BCUT2D eigenvalue weighted by Gasteiger charge is -2.32. The molecule has 2 amide bonds. The van der Waals surface area contributed by atoms with Gasteiger partial charge in [0, 0.05) is 13.1 Å². The number of carboxylic acid groups (broad SMARTS) is 2. The third kappa shape index (κ3) is 3.14. The Morgan fingerprint density at radius 2 is 1.81 bits per heavy atom. The molecule has 1 heterocycles. The summed E-state index contributed by atoms with van der Waals surface area (Å²) in [7, 11) is 0. The van der Waals surface area contributed by atoms with Crippen LogP contribution in [0.1, 0.15) is 32.1 Å². The van der Waals surface area contributed by atoms with Crippen LogP contribution in [0, 0.1) is 5.41 Å². The number of amides is 2. The zero-order valence-electron chi connectivity index (χ0n) is 11.5. The van der Waals surface area contributed by atoms with Crippen molar-refractivity contribution in [3.05, 3.63) is 0 Å². The second kappa shape index (κ2) is 5.71. The van der Waals surface area contributed by atoms with Gasteiger partial charge in [0.15, 0.2) is 0 Å². The average Bonchev–Trinajstić information content (AvgIpc) is 3.25. The van der Waals surface area contributed by atoms with Crippen molar-refractivity contribution < 1.29 is 29.4 Å². The predicted octanol–water partition coefficient (Wildman–Crippen LogP) is -0.567. The number of likely N-dealkylation sites (tertiary alicyclic amines) is 1. The maximum absolute atomic E-state index is 12.0. The van der Waals surface area contributed by atoms with Crippen molar-refractivity contribution in [3.8, 4) is 0 Å². The largest absolute Gasteiger partial charge is 0.481 e. The molecule has 1 saturated carbocycles. The molecule has 2 fully saturated rings. The molecule has 1 atom stereocenters. The molecule has 0 aromatic heterocycles. The summed E-state index contributed by atoms with van der Waals surface area (Å²) in [5.41, 5.74) is -0.954. The van der Waals surface area contributed by atoms with Crippen molar-refractivity contribution in [1.29, 1.82) is 0 Å². The zero-order chi connectivity index (χ0) is 15.6. The first-order valence-corrected chi connectivity index (χ1v) is 6.92. The quantitative estimate of drug-likeness (QED) is 0.597. The number of piperidine rings is 1. The van der Waals surface area contributed by atoms with Crippen LogP contribution >= 0.6 is 0 Å². The highest BCUT2D eigenvalue weighted by Gasteiger charge is 2.50. The standard InChI is InChI=1S/C13H18N2O6/c16-9(14-7-13(4-5-13)12(20)21)10(17)15-6-2-1-3-8(15)11(18)19/h8H,1-7H2,(H,14,16)(H,18,19)(H,20,21)/t8-/m0/s1. The Kier molecular flexibility index (Phi) is 4.15. The van der Waals surface area contributed by atoms with E-state index in [2.05, 4.69) is 5.32 Å². The molecule has 0 spiro atoms. The smallest absolute Gasteiger partial charge is 0.326 e. The first-order chi connectivity index (χ1) is 9.87. The van der Waals surface area contributed by atoms with Gasteiger partial charge in [-0.3, -0.25) is 14.4 Å². The maximum atomic E-state index is 12.0. The third-order valence-corrected chi connectivity index (χ3v) is 4.14. The van der Waals surface area contributed by atoms with Crippen molar-refractivity contribution in [2.45, 2.75) is 38.1 Å². The van der Waals surface area contributed by atoms with Gasteiger partial charge in [-0.15, -0.1) is 0 Å². The van der Waals surface area contributed by atoms with E-state index in [9.17, 15) is 19.2 Å². The normalized spacial score (nSPS) is 23.2. The summed E-state index contributed by atoms with van der Waals surface area (Å²) < 4.78 is 0. The molecular weight excluding hydrogens is 280 g/mol. The van der Waals surface area contributed by atoms with Gasteiger partial charge in [-0.25, -0.2) is 4.79 Å². The lowest BCUT2D eigenvalue weighted by Crippen LogP contribution is -2.53. The molecule has 1 saturated heterocycles. The van der Waals surface area contributed by atoms with Gasteiger partial charge in [-0.2, -0.15) is 0 Å². The minimum Gasteiger partial charge on any atom is -0.481 e. The van der Waals surface area contributed by atoms with Gasteiger partial charge in [0.2, 0.25) is 0 Å². The summed E-state index contributed by atoms with van der Waals surface area (Å²) in [5.74, 6) is -3.95. The lowest BCUT2D eigenvalue weighted by atomic mass is 10.0. The van der Waals surface area contributed by atoms with Gasteiger partial charge in [0.05, 0.1) is 5.41 Å². The topological polar surface area (TPSA) is 124 Å². The second-order valence-electron chi connectivity index (χ2n) is 5.62. The van der Waals surface area contributed by atoms with E-state index in [1.54, 1.807) is 0 Å². The van der Waals surface area contributed by atoms with Crippen LogP contribution in [0.3, 0.4) is 0 Å². The first-order valence-electron chi connectivity index (χ1n) is 6.92. The van der Waals surface area contributed by atoms with E-state index in [1.807, 2.05) is 0 Å². The molecule has 8 nitrogen and oxygen atoms in total. The Balaban J connectivity index is 1.93. The third-order valence-electron chi connectivity index (χ3n) is 4.14. The van der Waals surface area contributed by atoms with E-state index in [0.717, 1.165) is 4.90 Å². The highest BCUT2D eigenvalue weighted by Crippen LogP contribution is 2.45. The van der Waals surface area contributed by atoms with Crippen LogP contribution in [0.15, 0.2) is 0 Å². The van der Waals surface area contributed by atoms with Crippen molar-refractivity contribution >= 4 is 23.8 Å². The van der Waals surface area contributed by atoms with Crippen LogP contribution in [0.4, 0.5) is 0 Å². The highest BCUT2D eigenvalue weighted by atomic mass is 16.4. The molecule has 0 unspecified atom stereocenters. The molecule has 0 radical (unpaired) electrons. The molecule has 1 aliphatic heterocycles. The maximum Gasteiger partial charge on any atom is 0.326 e. The summed E-state index contributed by atoms with van der Waals surface area (Å²) in [5, 5.41) is 20.4. The zero-order valence-corrected chi connectivity index (χ0v) is 11.5. The number of hydrogen-bond acceptors (Lipinski definition) is 4. The van der Waals surface area contributed by atoms with Gasteiger partial charge < -0.3 is 20.4 Å². The average molecular weight is 298 g/mol. The van der Waals surface area contributed by atoms with E-state index in [1.165, 1.54) is 0 Å². The molecule has 116 valence electrons. The molecule has 2 rings (SSSR count). The molecule has 0 aromatic rings. The molecule has 0 bridgehead atoms. The fourth-order valence-electron chi connectivity index (χ4n) is 2.50. The fraction of sp³-hybridized carbons (Fsp3) is 0.692. The Morgan fingerprint density at radius 3 is 2.33 bits per heavy atom. The SMILES string of the molecule is O=C(NCC1(C(=O)O)CC1)C(=O)N1CCCC[C@H]1C(=O)O. The molecular formula is C13H18N2O6. The summed E-state index contributed by atoms with van der Waals surface area (Å²) in [6.07, 6.45) is 2.62. The van der Waals surface area contributed by atoms with Gasteiger partial charge in [-0.05, 0) is 32.1 Å². The van der Waals surface area contributed by atoms with Gasteiger partial charge >= 0.3 is 23.8 Å². The lowest BCUT2D eigenvalue weighted by molar-refractivity contribution is -0.156. The molecule has 1 aliphatic carbocycles. The highest BCUT2D eigenvalue weighted by molar-refractivity contribution is 6.35. The van der Waals surface area contributed by atoms with Gasteiger partial charge in [-0.1, -0.05) is 0 Å². The Labute approximate surface area is 121 Å². The molecule has 8 heteroatoms. The van der Waals surface area contributed by atoms with E-state index < -0.39 is 35.2 Å². The van der Waals surface area contributed by atoms with E-state index in [0.29, 0.717) is 32.1 Å². The van der Waals surface area contributed by atoms with E-state index >= 15 is 0 Å². The minimum absolute atomic E-state index is 0.0987. The number of hydrogen-bond donors (Lipinski definition) is 3. The van der Waals surface area contributed by atoms with Gasteiger partial charge in [0.25, 0.3) is 0 Å². The number of carbonyl (C=O) groups is 4. The van der Waals surface area contributed by atoms with Crippen LogP contribution in [-0.2, 0) is 19.2 Å². The van der Waals surface area contributed by atoms with Crippen LogP contribution in [0.2, 0.25) is 0 Å². The summed E-state index contributed by atoms with van der Waals surface area (Å²) in [6, 6.07) is -0.980. The molecule has 21 heavy (non-hydrogen) atoms. The number of carbonyl (C=O) groups excluding carboxylic acids is 2. The number of rotatable bonds is 4. The number of nitrogens with zero attached hydrogens (tertiary/aromatic N) is 1. The van der Waals surface area contributed by atoms with E-state index in [4.69, 9.17) is 10.2 Å². The molecule has 3 N–H and O–H groups in total. The van der Waals surface area contributed by atoms with Gasteiger partial charge in [0.1, 0.15) is 6.04 Å². The van der Waals surface area contributed by atoms with Crippen molar-refractivity contribution in [2.75, 3.05) is 13.1 Å². The Morgan fingerprint density at radius 1 is 1.14 bits per heavy atom. The number of nitrogens with one attached hydrogen (secondary N) is 1. The van der Waals surface area contributed by atoms with Crippen molar-refractivity contribution in [2.24, 2.45) is 5.41 Å². The first kappa shape index (κ1) is 15.3. The molecule has 2 aliphatic rings. The fourth-order valence-corrected chi connectivity index (χ4v) is 2.50. The minimum atomic E-state index is -1.12. The Bertz CT molecular complexity index is 485. The summed E-state index contributed by atoms with van der Waals surface area (Å²) in [6.45, 7) is 0.131. The predicted molar refractivity (Wildman–Crippen MR) is 69.3 cm³/mol. The van der Waals surface area contributed by atoms with Crippen LogP contribution in [-0.4, -0.2) is 58.0 Å². The van der Waals surface area contributed by atoms with Crippen molar-refractivity contribution in [1.82, 2.24) is 10.2 Å². The molecule has 0 aromatic carbocycles. The van der Waals surface area contributed by atoms with Crippen LogP contribution in [0.25, 0.3) is 0 Å². The second-order valence-corrected chi connectivity index (χ2v) is 5.62. The number of carboxylic acids is 2. The number of aliphatic carboxylic acids is 2. The van der Waals surface area contributed by atoms with Crippen LogP contribution in [0.5, 0.6) is 0 Å². The van der Waals surface area contributed by atoms with Crippen molar-refractivity contribution in [3.63, 3.8) is 0 Å². The Hall–Kier alpha value is -2.12. The summed E-state index contributed by atoms with van der Waals surface area (Å²) >= 11 is 0. The van der Waals surface area contributed by atoms with E-state index in [-0.39, 0.29) is 13.1 Å².